The minimum atomic E-state index is 0.776. The van der Waals surface area contributed by atoms with Crippen LogP contribution in [0.25, 0.3) is 0 Å². The molecule has 1 unspecified atom stereocenters. The van der Waals surface area contributed by atoms with Crippen molar-refractivity contribution < 1.29 is 0 Å². The molecule has 1 aliphatic heterocycles. The molecule has 1 rings (SSSR count). The second-order valence-electron chi connectivity index (χ2n) is 5.55. The normalized spacial score (nSPS) is 22.9. The zero-order valence-corrected chi connectivity index (χ0v) is 11.5. The average Bonchev–Trinajstić information content (AvgIpc) is 2.29. The molecule has 1 atom stereocenters. The largest absolute Gasteiger partial charge is 0.316 e. The van der Waals surface area contributed by atoms with Crippen molar-refractivity contribution in [3.63, 3.8) is 0 Å². The van der Waals surface area contributed by atoms with Gasteiger partial charge in [-0.05, 0) is 57.8 Å². The molecule has 1 aliphatic rings. The molecule has 0 aromatic heterocycles. The standard InChI is InChI=1S/C14H30N2/c1-4-14-8-5-6-10-16(14)11-7-9-15-12-13(2)3/h13-15H,4-12H2,1-3H3. The van der Waals surface area contributed by atoms with Crippen LogP contribution in [-0.4, -0.2) is 37.1 Å². The average molecular weight is 226 g/mol. The summed E-state index contributed by atoms with van der Waals surface area (Å²) in [5.41, 5.74) is 0. The molecule has 96 valence electrons. The van der Waals surface area contributed by atoms with E-state index in [2.05, 4.69) is 31.0 Å². The van der Waals surface area contributed by atoms with Crippen LogP contribution in [0.5, 0.6) is 0 Å². The fourth-order valence-electron chi connectivity index (χ4n) is 2.61. The molecule has 2 nitrogen and oxygen atoms in total. The summed E-state index contributed by atoms with van der Waals surface area (Å²) in [6.45, 7) is 11.9. The Bertz CT molecular complexity index is 168. The zero-order chi connectivity index (χ0) is 11.8. The molecule has 2 heteroatoms. The quantitative estimate of drug-likeness (QED) is 0.672. The highest BCUT2D eigenvalue weighted by molar-refractivity contribution is 4.75. The third kappa shape index (κ3) is 5.31. The van der Waals surface area contributed by atoms with E-state index in [1.165, 1.54) is 51.7 Å². The van der Waals surface area contributed by atoms with Gasteiger partial charge in [0.15, 0.2) is 0 Å². The molecule has 0 saturated carbocycles. The van der Waals surface area contributed by atoms with Crippen molar-refractivity contribution in [3.8, 4) is 0 Å². The van der Waals surface area contributed by atoms with Gasteiger partial charge in [0.25, 0.3) is 0 Å². The minimum absolute atomic E-state index is 0.776. The first-order valence-electron chi connectivity index (χ1n) is 7.18. The van der Waals surface area contributed by atoms with Crippen molar-refractivity contribution in [2.45, 2.75) is 58.9 Å². The molecule has 0 aromatic carbocycles. The highest BCUT2D eigenvalue weighted by Gasteiger charge is 2.19. The fourth-order valence-corrected chi connectivity index (χ4v) is 2.61. The lowest BCUT2D eigenvalue weighted by atomic mass is 10.00. The van der Waals surface area contributed by atoms with Crippen molar-refractivity contribution >= 4 is 0 Å². The SMILES string of the molecule is CCC1CCCCN1CCCNCC(C)C. The van der Waals surface area contributed by atoms with E-state index in [1.54, 1.807) is 0 Å². The summed E-state index contributed by atoms with van der Waals surface area (Å²) in [5.74, 6) is 0.776. The summed E-state index contributed by atoms with van der Waals surface area (Å²) < 4.78 is 0. The maximum Gasteiger partial charge on any atom is 0.00926 e. The van der Waals surface area contributed by atoms with Crippen LogP contribution < -0.4 is 5.32 Å². The summed E-state index contributed by atoms with van der Waals surface area (Å²) in [4.78, 5) is 2.71. The number of piperidine rings is 1. The second kappa shape index (κ2) is 8.08. The molecule has 16 heavy (non-hydrogen) atoms. The van der Waals surface area contributed by atoms with E-state index in [4.69, 9.17) is 0 Å². The van der Waals surface area contributed by atoms with Gasteiger partial charge in [-0.3, -0.25) is 0 Å². The summed E-state index contributed by atoms with van der Waals surface area (Å²) >= 11 is 0. The highest BCUT2D eigenvalue weighted by atomic mass is 15.2. The zero-order valence-electron chi connectivity index (χ0n) is 11.5. The summed E-state index contributed by atoms with van der Waals surface area (Å²) in [6, 6.07) is 0.874. The van der Waals surface area contributed by atoms with Crippen molar-refractivity contribution in [1.29, 1.82) is 0 Å². The Kier molecular flexibility index (Phi) is 7.06. The van der Waals surface area contributed by atoms with Gasteiger partial charge < -0.3 is 10.2 Å². The van der Waals surface area contributed by atoms with E-state index in [0.29, 0.717) is 0 Å². The predicted molar refractivity (Wildman–Crippen MR) is 71.8 cm³/mol. The molecule has 1 saturated heterocycles. The number of hydrogen-bond donors (Lipinski definition) is 1. The van der Waals surface area contributed by atoms with Gasteiger partial charge in [0.2, 0.25) is 0 Å². The molecule has 0 amide bonds. The van der Waals surface area contributed by atoms with Gasteiger partial charge in [0, 0.05) is 6.04 Å². The van der Waals surface area contributed by atoms with Crippen LogP contribution in [0.3, 0.4) is 0 Å². The van der Waals surface area contributed by atoms with Gasteiger partial charge in [-0.1, -0.05) is 27.2 Å². The predicted octanol–water partition coefficient (Wildman–Crippen LogP) is 2.89. The van der Waals surface area contributed by atoms with E-state index in [-0.39, 0.29) is 0 Å². The van der Waals surface area contributed by atoms with Gasteiger partial charge >= 0.3 is 0 Å². The lowest BCUT2D eigenvalue weighted by Gasteiger charge is -2.35. The monoisotopic (exact) mass is 226 g/mol. The Balaban J connectivity index is 2.06. The van der Waals surface area contributed by atoms with E-state index in [9.17, 15) is 0 Å². The number of nitrogens with zero attached hydrogens (tertiary/aromatic N) is 1. The molecule has 0 aliphatic carbocycles. The van der Waals surface area contributed by atoms with Crippen molar-refractivity contribution in [3.05, 3.63) is 0 Å². The number of hydrogen-bond acceptors (Lipinski definition) is 2. The van der Waals surface area contributed by atoms with Gasteiger partial charge in [0.1, 0.15) is 0 Å². The Morgan fingerprint density at radius 1 is 1.31 bits per heavy atom. The van der Waals surface area contributed by atoms with E-state index in [1.807, 2.05) is 0 Å². The third-order valence-electron chi connectivity index (χ3n) is 3.57. The van der Waals surface area contributed by atoms with Crippen LogP contribution >= 0.6 is 0 Å². The van der Waals surface area contributed by atoms with Crippen LogP contribution in [-0.2, 0) is 0 Å². The first kappa shape index (κ1) is 14.0. The maximum atomic E-state index is 3.53. The number of nitrogens with one attached hydrogen (secondary N) is 1. The topological polar surface area (TPSA) is 15.3 Å². The highest BCUT2D eigenvalue weighted by Crippen LogP contribution is 2.19. The molecular weight excluding hydrogens is 196 g/mol. The van der Waals surface area contributed by atoms with Crippen molar-refractivity contribution in [2.75, 3.05) is 26.2 Å². The number of likely N-dealkylation sites (tertiary alicyclic amines) is 1. The summed E-state index contributed by atoms with van der Waals surface area (Å²) in [5, 5.41) is 3.53. The molecule has 1 heterocycles. The van der Waals surface area contributed by atoms with Crippen LogP contribution in [0.4, 0.5) is 0 Å². The third-order valence-corrected chi connectivity index (χ3v) is 3.57. The van der Waals surface area contributed by atoms with E-state index in [0.717, 1.165) is 18.5 Å². The molecule has 0 aromatic rings. The molecule has 0 bridgehead atoms. The maximum absolute atomic E-state index is 3.53. The second-order valence-corrected chi connectivity index (χ2v) is 5.55. The first-order valence-corrected chi connectivity index (χ1v) is 7.18. The molecular formula is C14H30N2. The Morgan fingerprint density at radius 3 is 2.81 bits per heavy atom. The van der Waals surface area contributed by atoms with Crippen LogP contribution in [0.1, 0.15) is 52.9 Å². The van der Waals surface area contributed by atoms with E-state index >= 15 is 0 Å². The van der Waals surface area contributed by atoms with Gasteiger partial charge in [-0.15, -0.1) is 0 Å². The lowest BCUT2D eigenvalue weighted by molar-refractivity contribution is 0.142. The van der Waals surface area contributed by atoms with Crippen LogP contribution in [0.2, 0.25) is 0 Å². The Labute approximate surface area is 102 Å². The van der Waals surface area contributed by atoms with Crippen molar-refractivity contribution in [1.82, 2.24) is 10.2 Å². The smallest absolute Gasteiger partial charge is 0.00926 e. The molecule has 1 N–H and O–H groups in total. The Morgan fingerprint density at radius 2 is 2.12 bits per heavy atom. The fraction of sp³-hybridized carbons (Fsp3) is 1.00. The number of rotatable bonds is 7. The van der Waals surface area contributed by atoms with Gasteiger partial charge in [-0.2, -0.15) is 0 Å². The van der Waals surface area contributed by atoms with Gasteiger partial charge in [0.05, 0.1) is 0 Å². The van der Waals surface area contributed by atoms with Gasteiger partial charge in [-0.25, -0.2) is 0 Å². The summed E-state index contributed by atoms with van der Waals surface area (Å²) in [7, 11) is 0. The van der Waals surface area contributed by atoms with Crippen LogP contribution in [0.15, 0.2) is 0 Å². The molecule has 0 spiro atoms. The van der Waals surface area contributed by atoms with Crippen molar-refractivity contribution in [2.24, 2.45) is 5.92 Å². The van der Waals surface area contributed by atoms with Crippen LogP contribution in [0, 0.1) is 5.92 Å². The Hall–Kier alpha value is -0.0800. The minimum Gasteiger partial charge on any atom is -0.316 e. The summed E-state index contributed by atoms with van der Waals surface area (Å²) in [6.07, 6.45) is 6.93. The molecule has 1 fully saturated rings. The lowest BCUT2D eigenvalue weighted by Crippen LogP contribution is -2.40. The van der Waals surface area contributed by atoms with E-state index < -0.39 is 0 Å². The first-order chi connectivity index (χ1) is 7.74. The molecule has 0 radical (unpaired) electrons.